The smallest absolute Gasteiger partial charge is 0.335 e. The quantitative estimate of drug-likeness (QED) is 0.352. The van der Waals surface area contributed by atoms with Crippen molar-refractivity contribution in [2.24, 2.45) is 0 Å². The number of anilines is 1. The number of benzene rings is 3. The molecule has 4 rings (SSSR count). The Morgan fingerprint density at radius 2 is 1.80 bits per heavy atom. The molecular formula is C27H20BrN3O4. The standard InChI is InChI=1S/C27H20BrN3O4/c1-2-17-7-10-22(11-8-17)31-26(33)23(25(32)30-27(31)34)14-20-13-21(28)9-12-24(20)35-16-19-6-4-3-5-18(19)15-29/h3-14H,2,16H2,1H3,(H,30,32,34)/b23-14-. The number of imide groups is 2. The number of hydrogen-bond donors (Lipinski definition) is 1. The van der Waals surface area contributed by atoms with Gasteiger partial charge in [0.15, 0.2) is 0 Å². The summed E-state index contributed by atoms with van der Waals surface area (Å²) in [5, 5.41) is 11.5. The Morgan fingerprint density at radius 3 is 2.51 bits per heavy atom. The molecule has 0 spiro atoms. The highest BCUT2D eigenvalue weighted by Gasteiger charge is 2.37. The molecule has 1 saturated heterocycles. The van der Waals surface area contributed by atoms with Crippen molar-refractivity contribution in [1.82, 2.24) is 5.32 Å². The van der Waals surface area contributed by atoms with E-state index >= 15 is 0 Å². The molecule has 0 aromatic heterocycles. The molecule has 174 valence electrons. The van der Waals surface area contributed by atoms with E-state index in [4.69, 9.17) is 4.74 Å². The van der Waals surface area contributed by atoms with Crippen LogP contribution in [0.3, 0.4) is 0 Å². The Bertz CT molecular complexity index is 1390. The average molecular weight is 530 g/mol. The molecule has 0 bridgehead atoms. The first-order valence-electron chi connectivity index (χ1n) is 10.8. The normalized spacial score (nSPS) is 14.6. The lowest BCUT2D eigenvalue weighted by Gasteiger charge is -2.26. The Kier molecular flexibility index (Phi) is 7.09. The summed E-state index contributed by atoms with van der Waals surface area (Å²) in [5.74, 6) is -1.12. The van der Waals surface area contributed by atoms with Crippen LogP contribution in [-0.2, 0) is 22.6 Å². The van der Waals surface area contributed by atoms with Crippen LogP contribution in [0, 0.1) is 11.3 Å². The van der Waals surface area contributed by atoms with Crippen LogP contribution in [0.1, 0.15) is 29.2 Å². The van der Waals surface area contributed by atoms with Crippen LogP contribution < -0.4 is 15.0 Å². The third-order valence-electron chi connectivity index (χ3n) is 5.50. The van der Waals surface area contributed by atoms with Gasteiger partial charge in [0.25, 0.3) is 11.8 Å². The molecule has 7 nitrogen and oxygen atoms in total. The zero-order valence-corrected chi connectivity index (χ0v) is 20.3. The minimum absolute atomic E-state index is 0.121. The van der Waals surface area contributed by atoms with Crippen molar-refractivity contribution in [3.63, 3.8) is 0 Å². The van der Waals surface area contributed by atoms with E-state index in [1.165, 1.54) is 6.08 Å². The molecule has 3 aromatic carbocycles. The molecule has 1 aliphatic rings. The molecule has 1 heterocycles. The van der Waals surface area contributed by atoms with Crippen molar-refractivity contribution in [3.05, 3.63) is 99.0 Å². The summed E-state index contributed by atoms with van der Waals surface area (Å²) in [7, 11) is 0. The second-order valence-electron chi connectivity index (χ2n) is 7.72. The van der Waals surface area contributed by atoms with Gasteiger partial charge in [0.1, 0.15) is 17.9 Å². The number of carbonyl (C=O) groups is 3. The van der Waals surface area contributed by atoms with E-state index in [0.717, 1.165) is 16.9 Å². The van der Waals surface area contributed by atoms with Crippen LogP contribution in [0.4, 0.5) is 10.5 Å². The zero-order chi connectivity index (χ0) is 24.9. The van der Waals surface area contributed by atoms with Crippen LogP contribution in [0.25, 0.3) is 6.08 Å². The number of nitrogens with one attached hydrogen (secondary N) is 1. The van der Waals surface area contributed by atoms with Gasteiger partial charge in [-0.25, -0.2) is 9.69 Å². The summed E-state index contributed by atoms with van der Waals surface area (Å²) in [6.07, 6.45) is 2.21. The van der Waals surface area contributed by atoms with Crippen LogP contribution in [0.2, 0.25) is 0 Å². The van der Waals surface area contributed by atoms with E-state index in [1.807, 2.05) is 25.1 Å². The lowest BCUT2D eigenvalue weighted by Crippen LogP contribution is -2.54. The van der Waals surface area contributed by atoms with E-state index in [-0.39, 0.29) is 12.2 Å². The van der Waals surface area contributed by atoms with Gasteiger partial charge in [0.2, 0.25) is 0 Å². The number of rotatable bonds is 6. The fourth-order valence-electron chi connectivity index (χ4n) is 3.60. The van der Waals surface area contributed by atoms with Crippen LogP contribution >= 0.6 is 15.9 Å². The SMILES string of the molecule is CCc1ccc(N2C(=O)NC(=O)/C(=C/c3cc(Br)ccc3OCc3ccccc3C#N)C2=O)cc1. The van der Waals surface area contributed by atoms with Gasteiger partial charge in [-0.05, 0) is 54.5 Å². The summed E-state index contributed by atoms with van der Waals surface area (Å²) in [6.45, 7) is 2.12. The largest absolute Gasteiger partial charge is 0.488 e. The number of ether oxygens (including phenoxy) is 1. The molecule has 4 amide bonds. The molecule has 1 N–H and O–H groups in total. The zero-order valence-electron chi connectivity index (χ0n) is 18.7. The number of nitrogens with zero attached hydrogens (tertiary/aromatic N) is 2. The van der Waals surface area contributed by atoms with Crippen molar-refractivity contribution in [1.29, 1.82) is 5.26 Å². The molecule has 8 heteroatoms. The fraction of sp³-hybridized carbons (Fsp3) is 0.111. The predicted molar refractivity (Wildman–Crippen MR) is 134 cm³/mol. The van der Waals surface area contributed by atoms with Crippen molar-refractivity contribution in [3.8, 4) is 11.8 Å². The molecule has 0 saturated carbocycles. The number of amides is 4. The summed E-state index contributed by atoms with van der Waals surface area (Å²) in [6, 6.07) is 20.6. The van der Waals surface area contributed by atoms with Crippen molar-refractivity contribution < 1.29 is 19.1 Å². The summed E-state index contributed by atoms with van der Waals surface area (Å²) >= 11 is 3.40. The molecule has 0 radical (unpaired) electrons. The minimum atomic E-state index is -0.805. The van der Waals surface area contributed by atoms with Crippen LogP contribution in [-0.4, -0.2) is 17.8 Å². The summed E-state index contributed by atoms with van der Waals surface area (Å²) in [5.41, 5.74) is 2.87. The van der Waals surface area contributed by atoms with E-state index in [0.29, 0.717) is 32.6 Å². The van der Waals surface area contributed by atoms with E-state index in [1.54, 1.807) is 48.5 Å². The van der Waals surface area contributed by atoms with E-state index < -0.39 is 17.8 Å². The van der Waals surface area contributed by atoms with Gasteiger partial charge in [-0.3, -0.25) is 14.9 Å². The van der Waals surface area contributed by atoms with Gasteiger partial charge < -0.3 is 4.74 Å². The third-order valence-corrected chi connectivity index (χ3v) is 5.99. The highest BCUT2D eigenvalue weighted by molar-refractivity contribution is 9.10. The Hall–Kier alpha value is -4.22. The first-order valence-corrected chi connectivity index (χ1v) is 11.6. The maximum absolute atomic E-state index is 13.3. The predicted octanol–water partition coefficient (Wildman–Crippen LogP) is 5.13. The Morgan fingerprint density at radius 1 is 1.06 bits per heavy atom. The molecule has 1 aliphatic heterocycles. The Labute approximate surface area is 210 Å². The van der Waals surface area contributed by atoms with Gasteiger partial charge in [-0.15, -0.1) is 0 Å². The fourth-order valence-corrected chi connectivity index (χ4v) is 3.98. The first-order chi connectivity index (χ1) is 16.9. The van der Waals surface area contributed by atoms with Gasteiger partial charge >= 0.3 is 6.03 Å². The van der Waals surface area contributed by atoms with Gasteiger partial charge in [0, 0.05) is 15.6 Å². The van der Waals surface area contributed by atoms with Crippen molar-refractivity contribution in [2.45, 2.75) is 20.0 Å². The molecule has 0 unspecified atom stereocenters. The number of barbiturate groups is 1. The number of nitriles is 1. The highest BCUT2D eigenvalue weighted by Crippen LogP contribution is 2.29. The topological polar surface area (TPSA) is 99.5 Å². The minimum Gasteiger partial charge on any atom is -0.488 e. The Balaban J connectivity index is 1.67. The van der Waals surface area contributed by atoms with Crippen molar-refractivity contribution >= 4 is 45.5 Å². The summed E-state index contributed by atoms with van der Waals surface area (Å²) in [4.78, 5) is 39.3. The highest BCUT2D eigenvalue weighted by atomic mass is 79.9. The molecule has 0 atom stereocenters. The maximum atomic E-state index is 13.3. The second-order valence-corrected chi connectivity index (χ2v) is 8.63. The summed E-state index contributed by atoms with van der Waals surface area (Å²) < 4.78 is 6.66. The van der Waals surface area contributed by atoms with Gasteiger partial charge in [-0.1, -0.05) is 53.2 Å². The first kappa shape index (κ1) is 23.9. The molecule has 3 aromatic rings. The van der Waals surface area contributed by atoms with Crippen LogP contribution in [0.5, 0.6) is 5.75 Å². The molecule has 0 aliphatic carbocycles. The molecule has 1 fully saturated rings. The van der Waals surface area contributed by atoms with Gasteiger partial charge in [0.05, 0.1) is 17.3 Å². The lowest BCUT2D eigenvalue weighted by molar-refractivity contribution is -0.122. The number of urea groups is 1. The van der Waals surface area contributed by atoms with E-state index in [9.17, 15) is 19.6 Å². The average Bonchev–Trinajstić information content (AvgIpc) is 2.86. The molecular weight excluding hydrogens is 510 g/mol. The third kappa shape index (κ3) is 5.15. The maximum Gasteiger partial charge on any atom is 0.335 e. The number of carbonyl (C=O) groups excluding carboxylic acids is 3. The number of halogens is 1. The monoisotopic (exact) mass is 529 g/mol. The number of hydrogen-bond acceptors (Lipinski definition) is 5. The lowest BCUT2D eigenvalue weighted by atomic mass is 10.1. The van der Waals surface area contributed by atoms with Crippen molar-refractivity contribution in [2.75, 3.05) is 4.90 Å². The second kappa shape index (κ2) is 10.4. The molecule has 35 heavy (non-hydrogen) atoms. The van der Waals surface area contributed by atoms with Crippen LogP contribution in [0.15, 0.2) is 76.8 Å². The van der Waals surface area contributed by atoms with Gasteiger partial charge in [-0.2, -0.15) is 5.26 Å². The van der Waals surface area contributed by atoms with E-state index in [2.05, 4.69) is 27.3 Å². The number of aryl methyl sites for hydroxylation is 1.